The molecule has 98 valence electrons. The van der Waals surface area contributed by atoms with Gasteiger partial charge in [0.15, 0.2) is 0 Å². The van der Waals surface area contributed by atoms with Crippen LogP contribution in [0, 0.1) is 5.92 Å². The molecule has 5 nitrogen and oxygen atoms in total. The zero-order valence-electron chi connectivity index (χ0n) is 10.5. The SMILES string of the molecule is CCOCNC(=O)OCC1Cc2ccncc2C1. The van der Waals surface area contributed by atoms with Crippen molar-refractivity contribution < 1.29 is 14.3 Å². The minimum absolute atomic E-state index is 0.199. The van der Waals surface area contributed by atoms with E-state index >= 15 is 0 Å². The van der Waals surface area contributed by atoms with Crippen molar-refractivity contribution in [1.82, 2.24) is 10.3 Å². The van der Waals surface area contributed by atoms with Gasteiger partial charge in [-0.15, -0.1) is 0 Å². The van der Waals surface area contributed by atoms with Crippen LogP contribution in [0.2, 0.25) is 0 Å². The lowest BCUT2D eigenvalue weighted by Crippen LogP contribution is -2.28. The summed E-state index contributed by atoms with van der Waals surface area (Å²) in [6, 6.07) is 2.03. The van der Waals surface area contributed by atoms with Gasteiger partial charge in [-0.25, -0.2) is 4.79 Å². The van der Waals surface area contributed by atoms with E-state index in [-0.39, 0.29) is 6.73 Å². The van der Waals surface area contributed by atoms with Gasteiger partial charge < -0.3 is 9.47 Å². The minimum atomic E-state index is -0.419. The predicted octanol–water partition coefficient (Wildman–Crippen LogP) is 1.52. The van der Waals surface area contributed by atoms with Crippen LogP contribution in [-0.2, 0) is 22.3 Å². The molecular formula is C13H18N2O3. The first-order chi connectivity index (χ1) is 8.79. The van der Waals surface area contributed by atoms with E-state index in [1.54, 1.807) is 6.20 Å². The van der Waals surface area contributed by atoms with Crippen LogP contribution in [0.4, 0.5) is 4.79 Å². The summed E-state index contributed by atoms with van der Waals surface area (Å²) in [6.45, 7) is 3.08. The van der Waals surface area contributed by atoms with Gasteiger partial charge in [-0.2, -0.15) is 0 Å². The van der Waals surface area contributed by atoms with E-state index in [2.05, 4.69) is 10.3 Å². The van der Waals surface area contributed by atoms with E-state index in [1.807, 2.05) is 19.2 Å². The zero-order chi connectivity index (χ0) is 12.8. The number of nitrogens with zero attached hydrogens (tertiary/aromatic N) is 1. The summed E-state index contributed by atoms with van der Waals surface area (Å²) >= 11 is 0. The Balaban J connectivity index is 1.69. The second-order valence-corrected chi connectivity index (χ2v) is 4.33. The minimum Gasteiger partial charge on any atom is -0.449 e. The maximum atomic E-state index is 11.3. The summed E-state index contributed by atoms with van der Waals surface area (Å²) in [5.41, 5.74) is 2.58. The molecule has 0 spiro atoms. The molecule has 18 heavy (non-hydrogen) atoms. The Morgan fingerprint density at radius 2 is 2.33 bits per heavy atom. The lowest BCUT2D eigenvalue weighted by atomic mass is 10.1. The summed E-state index contributed by atoms with van der Waals surface area (Å²) in [5.74, 6) is 0.363. The van der Waals surface area contributed by atoms with Crippen molar-refractivity contribution in [3.63, 3.8) is 0 Å². The third-order valence-electron chi connectivity index (χ3n) is 2.99. The molecule has 1 aromatic rings. The van der Waals surface area contributed by atoms with Gasteiger partial charge in [0, 0.05) is 24.9 Å². The Labute approximate surface area is 107 Å². The van der Waals surface area contributed by atoms with Gasteiger partial charge in [0.2, 0.25) is 0 Å². The van der Waals surface area contributed by atoms with Crippen LogP contribution >= 0.6 is 0 Å². The molecule has 2 rings (SSSR count). The number of pyridine rings is 1. The van der Waals surface area contributed by atoms with Crippen LogP contribution in [0.3, 0.4) is 0 Å². The Morgan fingerprint density at radius 3 is 3.11 bits per heavy atom. The van der Waals surface area contributed by atoms with Gasteiger partial charge in [0.05, 0.1) is 6.61 Å². The van der Waals surface area contributed by atoms with Crippen LogP contribution in [0.25, 0.3) is 0 Å². The van der Waals surface area contributed by atoms with E-state index < -0.39 is 6.09 Å². The van der Waals surface area contributed by atoms with Gasteiger partial charge in [-0.05, 0) is 37.0 Å². The zero-order valence-corrected chi connectivity index (χ0v) is 10.5. The van der Waals surface area contributed by atoms with Gasteiger partial charge in [0.25, 0.3) is 0 Å². The molecule has 0 fully saturated rings. The summed E-state index contributed by atoms with van der Waals surface area (Å²) < 4.78 is 10.2. The smallest absolute Gasteiger partial charge is 0.408 e. The highest BCUT2D eigenvalue weighted by Gasteiger charge is 2.22. The fourth-order valence-corrected chi connectivity index (χ4v) is 2.11. The second kappa shape index (κ2) is 6.35. The number of alkyl carbamates (subject to hydrolysis) is 1. The summed E-state index contributed by atoms with van der Waals surface area (Å²) in [4.78, 5) is 15.4. The summed E-state index contributed by atoms with van der Waals surface area (Å²) in [6.07, 6.45) is 5.16. The van der Waals surface area contributed by atoms with Gasteiger partial charge in [-0.3, -0.25) is 10.3 Å². The third-order valence-corrected chi connectivity index (χ3v) is 2.99. The Hall–Kier alpha value is -1.62. The number of nitrogens with one attached hydrogen (secondary N) is 1. The third kappa shape index (κ3) is 3.43. The lowest BCUT2D eigenvalue weighted by molar-refractivity contribution is 0.0940. The molecule has 0 saturated carbocycles. The van der Waals surface area contributed by atoms with Crippen LogP contribution < -0.4 is 5.32 Å². The molecule has 1 aliphatic carbocycles. The van der Waals surface area contributed by atoms with Crippen molar-refractivity contribution in [3.05, 3.63) is 29.6 Å². The molecule has 0 aromatic carbocycles. The Kier molecular flexibility index (Phi) is 4.52. The van der Waals surface area contributed by atoms with Crippen molar-refractivity contribution in [2.75, 3.05) is 19.9 Å². The first kappa shape index (κ1) is 12.8. The quantitative estimate of drug-likeness (QED) is 0.635. The van der Waals surface area contributed by atoms with E-state index in [4.69, 9.17) is 9.47 Å². The fourth-order valence-electron chi connectivity index (χ4n) is 2.11. The highest BCUT2D eigenvalue weighted by molar-refractivity contribution is 5.66. The van der Waals surface area contributed by atoms with E-state index in [1.165, 1.54) is 11.1 Å². The highest BCUT2D eigenvalue weighted by Crippen LogP contribution is 2.25. The highest BCUT2D eigenvalue weighted by atomic mass is 16.6. The topological polar surface area (TPSA) is 60.5 Å². The fraction of sp³-hybridized carbons (Fsp3) is 0.538. The maximum absolute atomic E-state index is 11.3. The maximum Gasteiger partial charge on any atom is 0.408 e. The number of rotatable bonds is 5. The number of fused-ring (bicyclic) bond motifs is 1. The van der Waals surface area contributed by atoms with Crippen molar-refractivity contribution >= 4 is 6.09 Å². The van der Waals surface area contributed by atoms with Crippen molar-refractivity contribution in [2.24, 2.45) is 5.92 Å². The molecule has 1 aliphatic rings. The van der Waals surface area contributed by atoms with Crippen LogP contribution in [0.1, 0.15) is 18.1 Å². The number of hydrogen-bond acceptors (Lipinski definition) is 4. The standard InChI is InChI=1S/C13H18N2O3/c1-2-17-9-15-13(16)18-8-10-5-11-3-4-14-7-12(11)6-10/h3-4,7,10H,2,5-6,8-9H2,1H3,(H,15,16). The number of aromatic nitrogens is 1. The van der Waals surface area contributed by atoms with Crippen molar-refractivity contribution in [3.8, 4) is 0 Å². The van der Waals surface area contributed by atoms with Crippen LogP contribution in [0.15, 0.2) is 18.5 Å². The van der Waals surface area contributed by atoms with Crippen LogP contribution in [-0.4, -0.2) is 31.0 Å². The number of amides is 1. The molecule has 0 saturated heterocycles. The number of carbonyl (C=O) groups is 1. The molecule has 0 aliphatic heterocycles. The lowest BCUT2D eigenvalue weighted by Gasteiger charge is -2.10. The number of carbonyl (C=O) groups excluding carboxylic acids is 1. The average molecular weight is 250 g/mol. The van der Waals surface area contributed by atoms with E-state index in [9.17, 15) is 4.79 Å². The molecular weight excluding hydrogens is 232 g/mol. The Morgan fingerprint density at radius 1 is 1.50 bits per heavy atom. The van der Waals surface area contributed by atoms with Gasteiger partial charge in [-0.1, -0.05) is 0 Å². The Bertz CT molecular complexity index is 384. The number of ether oxygens (including phenoxy) is 2. The first-order valence-electron chi connectivity index (χ1n) is 6.19. The average Bonchev–Trinajstić information content (AvgIpc) is 2.79. The summed E-state index contributed by atoms with van der Waals surface area (Å²) in [5, 5.41) is 2.53. The molecule has 0 bridgehead atoms. The molecule has 1 atom stereocenters. The molecule has 1 heterocycles. The molecule has 1 unspecified atom stereocenters. The van der Waals surface area contributed by atoms with E-state index in [0.717, 1.165) is 12.8 Å². The molecule has 1 aromatic heterocycles. The normalized spacial score (nSPS) is 17.3. The first-order valence-corrected chi connectivity index (χ1v) is 6.19. The van der Waals surface area contributed by atoms with E-state index in [0.29, 0.717) is 19.1 Å². The van der Waals surface area contributed by atoms with Crippen LogP contribution in [0.5, 0.6) is 0 Å². The molecule has 1 N–H and O–H groups in total. The largest absolute Gasteiger partial charge is 0.449 e. The van der Waals surface area contributed by atoms with Gasteiger partial charge >= 0.3 is 6.09 Å². The van der Waals surface area contributed by atoms with Crippen molar-refractivity contribution in [2.45, 2.75) is 19.8 Å². The molecule has 0 radical (unpaired) electrons. The molecule has 5 heteroatoms. The number of hydrogen-bond donors (Lipinski definition) is 1. The van der Waals surface area contributed by atoms with Gasteiger partial charge in [0.1, 0.15) is 6.73 Å². The second-order valence-electron chi connectivity index (χ2n) is 4.33. The summed E-state index contributed by atoms with van der Waals surface area (Å²) in [7, 11) is 0. The predicted molar refractivity (Wildman–Crippen MR) is 66.1 cm³/mol. The monoisotopic (exact) mass is 250 g/mol. The van der Waals surface area contributed by atoms with Crippen molar-refractivity contribution in [1.29, 1.82) is 0 Å². The molecule has 1 amide bonds.